The second-order valence-corrected chi connectivity index (χ2v) is 8.74. The molecule has 2 heterocycles. The van der Waals surface area contributed by atoms with Gasteiger partial charge in [0.25, 0.3) is 5.91 Å². The Bertz CT molecular complexity index is 957. The number of carbonyl (C=O) groups excluding carboxylic acids is 2. The monoisotopic (exact) mass is 414 g/mol. The largest absolute Gasteiger partial charge is 0.481 e. The number of aromatic nitrogens is 1. The van der Waals surface area contributed by atoms with Gasteiger partial charge in [0.15, 0.2) is 0 Å². The summed E-state index contributed by atoms with van der Waals surface area (Å²) in [6.45, 7) is 10.9. The Morgan fingerprint density at radius 2 is 1.73 bits per heavy atom. The first kappa shape index (κ1) is 21.7. The van der Waals surface area contributed by atoms with Crippen molar-refractivity contribution in [3.63, 3.8) is 0 Å². The fourth-order valence-corrected chi connectivity index (χ4v) is 3.97. The van der Waals surface area contributed by atoms with Gasteiger partial charge in [-0.2, -0.15) is 0 Å². The number of pyridine rings is 1. The van der Waals surface area contributed by atoms with E-state index < -0.39 is 11.5 Å². The Hall–Kier alpha value is -3.03. The first-order chi connectivity index (χ1) is 14.0. The SMILES string of the molecule is COc1ccc2c(N3C[C@@H](C)N(C(=O)OC(C)(C)C)[C@@H](C)C3)ccc(C(N)=O)c2n1. The van der Waals surface area contributed by atoms with Gasteiger partial charge < -0.3 is 20.1 Å². The van der Waals surface area contributed by atoms with Crippen LogP contribution in [0.1, 0.15) is 45.0 Å². The number of nitrogens with two attached hydrogens (primary N) is 1. The van der Waals surface area contributed by atoms with Crippen LogP contribution in [0, 0.1) is 0 Å². The van der Waals surface area contributed by atoms with Crippen LogP contribution in [-0.2, 0) is 4.74 Å². The Labute approximate surface area is 176 Å². The second kappa shape index (κ2) is 8.01. The zero-order chi connectivity index (χ0) is 22.2. The number of anilines is 1. The Kier molecular flexibility index (Phi) is 5.78. The number of nitrogens with zero attached hydrogens (tertiary/aromatic N) is 3. The number of rotatable bonds is 3. The van der Waals surface area contributed by atoms with E-state index in [9.17, 15) is 9.59 Å². The topological polar surface area (TPSA) is 98.0 Å². The lowest BCUT2D eigenvalue weighted by molar-refractivity contribution is 0.00567. The van der Waals surface area contributed by atoms with E-state index in [1.165, 1.54) is 7.11 Å². The van der Waals surface area contributed by atoms with Crippen LogP contribution in [0.5, 0.6) is 5.88 Å². The van der Waals surface area contributed by atoms with Crippen LogP contribution in [-0.4, -0.2) is 59.8 Å². The molecule has 1 aromatic carbocycles. The van der Waals surface area contributed by atoms with Gasteiger partial charge in [-0.3, -0.25) is 9.69 Å². The van der Waals surface area contributed by atoms with E-state index in [-0.39, 0.29) is 18.2 Å². The maximum absolute atomic E-state index is 12.7. The van der Waals surface area contributed by atoms with Crippen LogP contribution in [0.2, 0.25) is 0 Å². The van der Waals surface area contributed by atoms with Crippen molar-refractivity contribution >= 4 is 28.6 Å². The van der Waals surface area contributed by atoms with Gasteiger partial charge in [-0.1, -0.05) is 0 Å². The van der Waals surface area contributed by atoms with Crippen molar-refractivity contribution in [3.05, 3.63) is 29.8 Å². The fourth-order valence-electron chi connectivity index (χ4n) is 3.97. The third-order valence-corrected chi connectivity index (χ3v) is 5.15. The minimum absolute atomic E-state index is 0.0549. The average Bonchev–Trinajstić information content (AvgIpc) is 2.64. The van der Waals surface area contributed by atoms with Gasteiger partial charge in [0.05, 0.1) is 30.3 Å². The number of benzene rings is 1. The molecule has 1 fully saturated rings. The summed E-state index contributed by atoms with van der Waals surface area (Å²) in [5.74, 6) is -0.123. The fraction of sp³-hybridized carbons (Fsp3) is 0.500. The summed E-state index contributed by atoms with van der Waals surface area (Å²) in [5, 5.41) is 0.817. The summed E-state index contributed by atoms with van der Waals surface area (Å²) >= 11 is 0. The lowest BCUT2D eigenvalue weighted by atomic mass is 10.0. The zero-order valence-electron chi connectivity index (χ0n) is 18.4. The lowest BCUT2D eigenvalue weighted by Crippen LogP contribution is -2.59. The van der Waals surface area contributed by atoms with E-state index in [1.807, 2.05) is 46.8 Å². The molecule has 0 radical (unpaired) electrons. The van der Waals surface area contributed by atoms with Crippen LogP contribution < -0.4 is 15.4 Å². The van der Waals surface area contributed by atoms with Crippen molar-refractivity contribution in [2.45, 2.75) is 52.3 Å². The van der Waals surface area contributed by atoms with Crippen LogP contribution in [0.15, 0.2) is 24.3 Å². The molecule has 2 atom stereocenters. The van der Waals surface area contributed by atoms with Crippen LogP contribution in [0.4, 0.5) is 10.5 Å². The maximum Gasteiger partial charge on any atom is 0.410 e. The number of carbonyl (C=O) groups is 2. The zero-order valence-corrected chi connectivity index (χ0v) is 18.4. The number of ether oxygens (including phenoxy) is 2. The molecule has 8 nitrogen and oxygen atoms in total. The van der Waals surface area contributed by atoms with E-state index in [1.54, 1.807) is 17.0 Å². The van der Waals surface area contributed by atoms with E-state index >= 15 is 0 Å². The first-order valence-corrected chi connectivity index (χ1v) is 10.1. The van der Waals surface area contributed by atoms with Crippen molar-refractivity contribution in [1.29, 1.82) is 0 Å². The molecule has 8 heteroatoms. The molecule has 0 bridgehead atoms. The summed E-state index contributed by atoms with van der Waals surface area (Å²) in [7, 11) is 1.53. The van der Waals surface area contributed by atoms with Crippen molar-refractivity contribution in [2.75, 3.05) is 25.1 Å². The molecular weight excluding hydrogens is 384 g/mol. The van der Waals surface area contributed by atoms with Crippen molar-refractivity contribution in [1.82, 2.24) is 9.88 Å². The molecular formula is C22H30N4O4. The molecule has 1 aromatic heterocycles. The van der Waals surface area contributed by atoms with Gasteiger partial charge >= 0.3 is 6.09 Å². The van der Waals surface area contributed by atoms with E-state index in [2.05, 4.69) is 9.88 Å². The highest BCUT2D eigenvalue weighted by molar-refractivity contribution is 6.08. The maximum atomic E-state index is 12.7. The molecule has 0 aliphatic carbocycles. The van der Waals surface area contributed by atoms with Crippen LogP contribution in [0.25, 0.3) is 10.9 Å². The number of primary amides is 1. The number of fused-ring (bicyclic) bond motifs is 1. The van der Waals surface area contributed by atoms with Crippen LogP contribution >= 0.6 is 0 Å². The van der Waals surface area contributed by atoms with E-state index in [0.717, 1.165) is 11.1 Å². The molecule has 2 aromatic rings. The van der Waals surface area contributed by atoms with Gasteiger partial charge in [0.1, 0.15) is 5.60 Å². The van der Waals surface area contributed by atoms with E-state index in [0.29, 0.717) is 30.0 Å². The predicted octanol–water partition coefficient (Wildman–Crippen LogP) is 3.18. The smallest absolute Gasteiger partial charge is 0.410 e. The van der Waals surface area contributed by atoms with Gasteiger partial charge in [0, 0.05) is 30.2 Å². The molecule has 1 saturated heterocycles. The third-order valence-electron chi connectivity index (χ3n) is 5.15. The van der Waals surface area contributed by atoms with E-state index in [4.69, 9.17) is 15.2 Å². The minimum atomic E-state index is -0.542. The Morgan fingerprint density at radius 1 is 1.10 bits per heavy atom. The number of hydrogen-bond acceptors (Lipinski definition) is 6. The molecule has 162 valence electrons. The molecule has 3 rings (SSSR count). The standard InChI is InChI=1S/C22H30N4O4/c1-13-11-25(12-14(2)26(13)21(28)30-22(3,4)5)17-9-7-16(20(23)27)19-15(17)8-10-18(24-19)29-6/h7-10,13-14H,11-12H2,1-6H3,(H2,23,27)/t13-,14+. The predicted molar refractivity (Wildman–Crippen MR) is 116 cm³/mol. The third kappa shape index (κ3) is 4.27. The molecule has 1 aliphatic rings. The first-order valence-electron chi connectivity index (χ1n) is 10.1. The van der Waals surface area contributed by atoms with Crippen molar-refractivity contribution in [2.24, 2.45) is 5.73 Å². The van der Waals surface area contributed by atoms with Gasteiger partial charge in [-0.15, -0.1) is 0 Å². The molecule has 0 spiro atoms. The highest BCUT2D eigenvalue weighted by Crippen LogP contribution is 2.33. The molecule has 2 N–H and O–H groups in total. The van der Waals surface area contributed by atoms with Crippen molar-refractivity contribution < 1.29 is 19.1 Å². The summed E-state index contributed by atoms with van der Waals surface area (Å²) in [4.78, 5) is 33.1. The lowest BCUT2D eigenvalue weighted by Gasteiger charge is -2.45. The molecule has 30 heavy (non-hydrogen) atoms. The number of amides is 2. The summed E-state index contributed by atoms with van der Waals surface area (Å²) < 4.78 is 10.8. The molecule has 0 unspecified atom stereocenters. The quantitative estimate of drug-likeness (QED) is 0.828. The molecule has 0 saturated carbocycles. The van der Waals surface area contributed by atoms with Gasteiger partial charge in [-0.05, 0) is 52.8 Å². The number of hydrogen-bond donors (Lipinski definition) is 1. The van der Waals surface area contributed by atoms with Crippen molar-refractivity contribution in [3.8, 4) is 5.88 Å². The van der Waals surface area contributed by atoms with Gasteiger partial charge in [0.2, 0.25) is 5.88 Å². The number of methoxy groups -OCH3 is 1. The molecule has 1 aliphatic heterocycles. The van der Waals surface area contributed by atoms with Gasteiger partial charge in [-0.25, -0.2) is 9.78 Å². The summed E-state index contributed by atoms with van der Waals surface area (Å²) in [5.41, 5.74) is 6.81. The minimum Gasteiger partial charge on any atom is -0.481 e. The molecule has 2 amide bonds. The summed E-state index contributed by atoms with van der Waals surface area (Å²) in [6, 6.07) is 7.13. The highest BCUT2D eigenvalue weighted by atomic mass is 16.6. The second-order valence-electron chi connectivity index (χ2n) is 8.74. The highest BCUT2D eigenvalue weighted by Gasteiger charge is 2.36. The normalized spacial score (nSPS) is 19.7. The summed E-state index contributed by atoms with van der Waals surface area (Å²) in [6.07, 6.45) is -0.303. The van der Waals surface area contributed by atoms with Crippen LogP contribution in [0.3, 0.4) is 0 Å². The average molecular weight is 415 g/mol. The Balaban J connectivity index is 1.95. The number of piperazine rings is 1. The Morgan fingerprint density at radius 3 is 2.27 bits per heavy atom.